The van der Waals surface area contributed by atoms with Crippen molar-refractivity contribution >= 4 is 17.3 Å². The SMILES string of the molecule is NOc1cc([N+](=O)[O-])ccc1Cl. The van der Waals surface area contributed by atoms with Gasteiger partial charge in [0, 0.05) is 6.07 Å². The Labute approximate surface area is 72.8 Å². The molecule has 0 atom stereocenters. The molecule has 0 spiro atoms. The van der Waals surface area contributed by atoms with E-state index >= 15 is 0 Å². The molecule has 0 saturated carbocycles. The van der Waals surface area contributed by atoms with Gasteiger partial charge in [-0.1, -0.05) is 11.6 Å². The minimum Gasteiger partial charge on any atom is -0.410 e. The van der Waals surface area contributed by atoms with Crippen LogP contribution in [0.4, 0.5) is 5.69 Å². The fraction of sp³-hybridized carbons (Fsp3) is 0. The monoisotopic (exact) mass is 188 g/mol. The van der Waals surface area contributed by atoms with E-state index in [9.17, 15) is 10.1 Å². The topological polar surface area (TPSA) is 78.4 Å². The van der Waals surface area contributed by atoms with Gasteiger partial charge in [0.15, 0.2) is 5.75 Å². The molecule has 5 nitrogen and oxygen atoms in total. The van der Waals surface area contributed by atoms with E-state index in [1.165, 1.54) is 12.1 Å². The Hall–Kier alpha value is -1.33. The van der Waals surface area contributed by atoms with E-state index in [4.69, 9.17) is 17.5 Å². The number of nitrogens with zero attached hydrogens (tertiary/aromatic N) is 1. The van der Waals surface area contributed by atoms with Crippen LogP contribution < -0.4 is 10.7 Å². The Morgan fingerprint density at radius 2 is 2.25 bits per heavy atom. The van der Waals surface area contributed by atoms with Gasteiger partial charge >= 0.3 is 0 Å². The number of rotatable bonds is 2. The number of nitro benzene ring substituents is 1. The first-order valence-electron chi connectivity index (χ1n) is 2.96. The molecule has 0 aliphatic heterocycles. The molecule has 64 valence electrons. The summed E-state index contributed by atoms with van der Waals surface area (Å²) in [6, 6.07) is 3.77. The number of hydrogen-bond acceptors (Lipinski definition) is 4. The van der Waals surface area contributed by atoms with Gasteiger partial charge in [0.05, 0.1) is 16.0 Å². The maximum Gasteiger partial charge on any atom is 0.273 e. The minimum atomic E-state index is -0.557. The van der Waals surface area contributed by atoms with Gasteiger partial charge in [0.2, 0.25) is 0 Å². The second-order valence-corrected chi connectivity index (χ2v) is 2.40. The molecule has 1 aromatic rings. The van der Waals surface area contributed by atoms with E-state index in [1.54, 1.807) is 0 Å². The molecule has 0 aliphatic carbocycles. The molecule has 6 heteroatoms. The zero-order valence-corrected chi connectivity index (χ0v) is 6.62. The summed E-state index contributed by atoms with van der Waals surface area (Å²) >= 11 is 5.57. The minimum absolute atomic E-state index is 0.0888. The largest absolute Gasteiger partial charge is 0.410 e. The lowest BCUT2D eigenvalue weighted by Gasteiger charge is -1.99. The van der Waals surface area contributed by atoms with Gasteiger partial charge in [0.1, 0.15) is 0 Å². The number of hydrogen-bond donors (Lipinski definition) is 1. The van der Waals surface area contributed by atoms with Crippen molar-refractivity contribution in [3.8, 4) is 5.75 Å². The molecule has 0 aliphatic rings. The van der Waals surface area contributed by atoms with Gasteiger partial charge in [-0.25, -0.2) is 0 Å². The Morgan fingerprint density at radius 1 is 1.58 bits per heavy atom. The average molecular weight is 189 g/mol. The van der Waals surface area contributed by atoms with Crippen molar-refractivity contribution in [2.24, 2.45) is 5.90 Å². The normalized spacial score (nSPS) is 9.50. The summed E-state index contributed by atoms with van der Waals surface area (Å²) in [7, 11) is 0. The van der Waals surface area contributed by atoms with Crippen molar-refractivity contribution in [3.05, 3.63) is 33.3 Å². The molecule has 0 amide bonds. The van der Waals surface area contributed by atoms with E-state index in [1.807, 2.05) is 0 Å². The van der Waals surface area contributed by atoms with Crippen LogP contribution in [0.5, 0.6) is 5.75 Å². The van der Waals surface area contributed by atoms with Gasteiger partial charge in [-0.05, 0) is 6.07 Å². The number of nitrogens with two attached hydrogens (primary N) is 1. The van der Waals surface area contributed by atoms with Crippen molar-refractivity contribution in [2.45, 2.75) is 0 Å². The lowest BCUT2D eigenvalue weighted by molar-refractivity contribution is -0.384. The molecule has 0 bridgehead atoms. The maximum absolute atomic E-state index is 10.2. The summed E-state index contributed by atoms with van der Waals surface area (Å²) in [5, 5.41) is 10.5. The van der Waals surface area contributed by atoms with Crippen LogP contribution in [0, 0.1) is 10.1 Å². The van der Waals surface area contributed by atoms with Gasteiger partial charge in [-0.3, -0.25) is 10.1 Å². The van der Waals surface area contributed by atoms with Crippen LogP contribution >= 0.6 is 11.6 Å². The van der Waals surface area contributed by atoms with E-state index < -0.39 is 4.92 Å². The summed E-state index contributed by atoms with van der Waals surface area (Å²) in [4.78, 5) is 14.0. The molecule has 1 rings (SSSR count). The summed E-state index contributed by atoms with van der Waals surface area (Å²) in [6.45, 7) is 0. The molecule has 1 aromatic carbocycles. The molecule has 0 heterocycles. The summed E-state index contributed by atoms with van der Waals surface area (Å²) in [6.07, 6.45) is 0. The first-order chi connectivity index (χ1) is 5.65. The molecule has 12 heavy (non-hydrogen) atoms. The fourth-order valence-electron chi connectivity index (χ4n) is 0.696. The van der Waals surface area contributed by atoms with Crippen LogP contribution in [-0.4, -0.2) is 4.92 Å². The van der Waals surface area contributed by atoms with Crippen molar-refractivity contribution in [1.29, 1.82) is 0 Å². The first-order valence-corrected chi connectivity index (χ1v) is 3.33. The molecule has 0 unspecified atom stereocenters. The highest BCUT2D eigenvalue weighted by molar-refractivity contribution is 6.32. The third-order valence-corrected chi connectivity index (χ3v) is 1.56. The Balaban J connectivity index is 3.13. The first kappa shape index (κ1) is 8.76. The van der Waals surface area contributed by atoms with Gasteiger partial charge in [-0.2, -0.15) is 5.90 Å². The number of halogens is 1. The van der Waals surface area contributed by atoms with Crippen LogP contribution in [0.3, 0.4) is 0 Å². The highest BCUT2D eigenvalue weighted by Crippen LogP contribution is 2.27. The highest BCUT2D eigenvalue weighted by atomic mass is 35.5. The predicted octanol–water partition coefficient (Wildman–Crippen LogP) is 1.50. The number of benzene rings is 1. The summed E-state index contributed by atoms with van der Waals surface area (Å²) in [5.41, 5.74) is -0.111. The summed E-state index contributed by atoms with van der Waals surface area (Å²) in [5.74, 6) is 4.90. The van der Waals surface area contributed by atoms with Crippen LogP contribution in [-0.2, 0) is 0 Å². The molecular formula is C6H5ClN2O3. The van der Waals surface area contributed by atoms with Crippen molar-refractivity contribution < 1.29 is 9.76 Å². The molecule has 2 N–H and O–H groups in total. The quantitative estimate of drug-likeness (QED) is 0.564. The van der Waals surface area contributed by atoms with Crippen molar-refractivity contribution in [3.63, 3.8) is 0 Å². The smallest absolute Gasteiger partial charge is 0.273 e. The summed E-state index contributed by atoms with van der Waals surface area (Å²) < 4.78 is 0. The van der Waals surface area contributed by atoms with Crippen LogP contribution in [0.2, 0.25) is 5.02 Å². The van der Waals surface area contributed by atoms with Crippen LogP contribution in [0.25, 0.3) is 0 Å². The average Bonchev–Trinajstić information content (AvgIpc) is 2.05. The zero-order valence-electron chi connectivity index (χ0n) is 5.86. The Bertz CT molecular complexity index is 316. The van der Waals surface area contributed by atoms with Crippen molar-refractivity contribution in [1.82, 2.24) is 0 Å². The van der Waals surface area contributed by atoms with Gasteiger partial charge in [-0.15, -0.1) is 0 Å². The second kappa shape index (κ2) is 3.38. The zero-order chi connectivity index (χ0) is 9.14. The lowest BCUT2D eigenvalue weighted by Crippen LogP contribution is -2.02. The number of nitro groups is 1. The molecule has 0 fully saturated rings. The maximum atomic E-state index is 10.2. The standard InChI is InChI=1S/C6H5ClN2O3/c7-5-2-1-4(9(10)11)3-6(5)12-8/h1-3H,8H2. The van der Waals surface area contributed by atoms with Crippen LogP contribution in [0.15, 0.2) is 18.2 Å². The molecular weight excluding hydrogens is 184 g/mol. The molecule has 0 radical (unpaired) electrons. The van der Waals surface area contributed by atoms with E-state index in [0.29, 0.717) is 0 Å². The fourth-order valence-corrected chi connectivity index (χ4v) is 0.858. The second-order valence-electron chi connectivity index (χ2n) is 1.99. The van der Waals surface area contributed by atoms with Gasteiger partial charge in [0.25, 0.3) is 5.69 Å². The molecule has 0 saturated heterocycles. The van der Waals surface area contributed by atoms with E-state index in [0.717, 1.165) is 6.07 Å². The lowest BCUT2D eigenvalue weighted by atomic mass is 10.3. The Morgan fingerprint density at radius 3 is 2.75 bits per heavy atom. The Kier molecular flexibility index (Phi) is 2.47. The highest BCUT2D eigenvalue weighted by Gasteiger charge is 2.09. The third kappa shape index (κ3) is 1.63. The van der Waals surface area contributed by atoms with Crippen LogP contribution in [0.1, 0.15) is 0 Å². The van der Waals surface area contributed by atoms with Crippen molar-refractivity contribution in [2.75, 3.05) is 0 Å². The van der Waals surface area contributed by atoms with E-state index in [-0.39, 0.29) is 16.5 Å². The number of non-ortho nitro benzene ring substituents is 1. The predicted molar refractivity (Wildman–Crippen MR) is 42.9 cm³/mol. The third-order valence-electron chi connectivity index (χ3n) is 1.25. The molecule has 0 aromatic heterocycles. The van der Waals surface area contributed by atoms with E-state index in [2.05, 4.69) is 4.84 Å². The van der Waals surface area contributed by atoms with Gasteiger partial charge < -0.3 is 4.84 Å².